The molecule has 3 aliphatic heterocycles. The smallest absolute Gasteiger partial charge is 0.348 e. The zero-order chi connectivity index (χ0) is 39.7. The van der Waals surface area contributed by atoms with Gasteiger partial charge in [-0.15, -0.1) is 0 Å². The number of esters is 5. The van der Waals surface area contributed by atoms with E-state index >= 15 is 0 Å². The first kappa shape index (κ1) is 40.7. The maximum Gasteiger partial charge on any atom is 0.348 e. The molecule has 2 spiro atoms. The van der Waals surface area contributed by atoms with E-state index < -0.39 is 70.5 Å². The van der Waals surface area contributed by atoms with Gasteiger partial charge in [-0.25, -0.2) is 24.0 Å². The van der Waals surface area contributed by atoms with Gasteiger partial charge in [0.2, 0.25) is 0 Å². The summed E-state index contributed by atoms with van der Waals surface area (Å²) in [5, 5.41) is 20.7. The predicted molar refractivity (Wildman–Crippen MR) is 183 cm³/mol. The number of allylic oxidation sites excluding steroid dienone is 8. The van der Waals surface area contributed by atoms with Gasteiger partial charge < -0.3 is 48.1 Å². The van der Waals surface area contributed by atoms with Gasteiger partial charge in [0.25, 0.3) is 41.5 Å². The van der Waals surface area contributed by atoms with E-state index in [4.69, 9.17) is 37.9 Å². The number of rotatable bonds is 13. The van der Waals surface area contributed by atoms with E-state index in [-0.39, 0.29) is 61.7 Å². The molecule has 16 heteroatoms. The highest BCUT2D eigenvalue weighted by Gasteiger charge is 2.56. The van der Waals surface area contributed by atoms with E-state index in [1.807, 2.05) is 0 Å². The summed E-state index contributed by atoms with van der Waals surface area (Å²) in [6.07, 6.45) is 14.0. The van der Waals surface area contributed by atoms with Crippen LogP contribution in [0.15, 0.2) is 94.9 Å². The fourth-order valence-electron chi connectivity index (χ4n) is 5.49. The minimum absolute atomic E-state index is 0.0916. The van der Waals surface area contributed by atoms with Crippen LogP contribution in [0.3, 0.4) is 0 Å². The number of aliphatic hydroxyl groups is 2. The number of aliphatic hydroxyl groups excluding tert-OH is 2. The summed E-state index contributed by atoms with van der Waals surface area (Å²) in [6, 6.07) is 0. The normalized spacial score (nSPS) is 26.6. The number of ether oxygens (including phenoxy) is 8. The molecule has 0 amide bonds. The zero-order valence-electron chi connectivity index (χ0n) is 30.4. The Labute approximate surface area is 310 Å². The Kier molecular flexibility index (Phi) is 12.6. The monoisotopic (exact) mass is 754 g/mol. The Morgan fingerprint density at radius 1 is 0.722 bits per heavy atom. The lowest BCUT2D eigenvalue weighted by atomic mass is 9.87. The summed E-state index contributed by atoms with van der Waals surface area (Å²) in [5.41, 5.74) is -0.684. The Bertz CT molecular complexity index is 1770. The average Bonchev–Trinajstić information content (AvgIpc) is 3.12. The van der Waals surface area contributed by atoms with E-state index in [0.717, 1.165) is 6.08 Å². The van der Waals surface area contributed by atoms with Gasteiger partial charge in [0.1, 0.15) is 16.7 Å². The number of hydrogen-bond donors (Lipinski definition) is 2. The van der Waals surface area contributed by atoms with Crippen molar-refractivity contribution in [2.75, 3.05) is 0 Å². The van der Waals surface area contributed by atoms with Crippen LogP contribution in [0.2, 0.25) is 0 Å². The molecule has 0 bridgehead atoms. The quantitative estimate of drug-likeness (QED) is 0.0470. The molecule has 3 heterocycles. The third kappa shape index (κ3) is 9.29. The van der Waals surface area contributed by atoms with Crippen LogP contribution >= 0.6 is 0 Å². The van der Waals surface area contributed by atoms with Gasteiger partial charge in [0.05, 0.1) is 0 Å². The number of carbonyl (C=O) groups excluding carboxylic acids is 6. The molecule has 0 radical (unpaired) electrons. The van der Waals surface area contributed by atoms with Gasteiger partial charge in [-0.05, 0) is 25.2 Å². The first-order valence-corrected chi connectivity index (χ1v) is 17.2. The maximum absolute atomic E-state index is 12.9. The second kappa shape index (κ2) is 16.7. The van der Waals surface area contributed by atoms with Crippen molar-refractivity contribution in [3.63, 3.8) is 0 Å². The van der Waals surface area contributed by atoms with Crippen molar-refractivity contribution in [2.24, 2.45) is 0 Å². The average molecular weight is 755 g/mol. The lowest BCUT2D eigenvalue weighted by Crippen LogP contribution is -2.54. The topological polar surface area (TPSA) is 217 Å². The summed E-state index contributed by atoms with van der Waals surface area (Å²) in [7, 11) is 0. The predicted octanol–water partition coefficient (Wildman–Crippen LogP) is 5.20. The minimum atomic E-state index is -1.65. The Morgan fingerprint density at radius 2 is 1.22 bits per heavy atom. The number of cyclic esters (lactones) is 1. The van der Waals surface area contributed by atoms with Crippen molar-refractivity contribution in [3.05, 3.63) is 94.9 Å². The molecule has 2 fully saturated rings. The number of hydrogen-bond acceptors (Lipinski definition) is 16. The van der Waals surface area contributed by atoms with Gasteiger partial charge in [-0.3, -0.25) is 4.79 Å². The van der Waals surface area contributed by atoms with Crippen LogP contribution in [0, 0.1) is 0 Å². The highest BCUT2D eigenvalue weighted by molar-refractivity contribution is 6.15. The van der Waals surface area contributed by atoms with Crippen molar-refractivity contribution < 1.29 is 76.9 Å². The van der Waals surface area contributed by atoms with Crippen LogP contribution in [0.25, 0.3) is 0 Å². The molecule has 16 nitrogen and oxygen atoms in total. The van der Waals surface area contributed by atoms with Crippen LogP contribution in [-0.2, 0) is 66.7 Å². The molecule has 0 aromatic rings. The standard InChI is InChI=1S/C38H42O16/c1-6-35(5)48-29(41)25(30(42)49-35)16-13-10-14-18-27-33(45)53-38(54-34(27)46)21-19-37(20-22-38)51-31(43)26(32(44)52-37)17-12-9-11-15-24(4)28(40)50-36(7-2,8-3)47-23-39/h9-18,23,41,43H,6-8,19-22H2,1-5H3/b11-9?,14-10+,16-13+,17-12?,24-15?,27-18?. The van der Waals surface area contributed by atoms with Crippen molar-refractivity contribution in [2.45, 2.75) is 103 Å². The molecule has 1 atom stereocenters. The first-order chi connectivity index (χ1) is 25.6. The van der Waals surface area contributed by atoms with Crippen LogP contribution in [0.1, 0.15) is 79.6 Å². The van der Waals surface area contributed by atoms with Gasteiger partial charge in [-0.2, -0.15) is 0 Å². The summed E-state index contributed by atoms with van der Waals surface area (Å²) >= 11 is 0. The van der Waals surface area contributed by atoms with E-state index in [1.54, 1.807) is 20.8 Å². The van der Waals surface area contributed by atoms with Crippen molar-refractivity contribution >= 4 is 36.3 Å². The van der Waals surface area contributed by atoms with Crippen molar-refractivity contribution in [3.8, 4) is 0 Å². The van der Waals surface area contributed by atoms with Crippen molar-refractivity contribution in [1.29, 1.82) is 0 Å². The third-order valence-corrected chi connectivity index (χ3v) is 9.02. The van der Waals surface area contributed by atoms with Crippen molar-refractivity contribution in [1.82, 2.24) is 0 Å². The molecule has 2 N–H and O–H groups in total. The molecular formula is C38H42O16. The van der Waals surface area contributed by atoms with E-state index in [2.05, 4.69) is 0 Å². The van der Waals surface area contributed by atoms with E-state index in [0.29, 0.717) is 6.42 Å². The summed E-state index contributed by atoms with van der Waals surface area (Å²) in [4.78, 5) is 74.0. The maximum atomic E-state index is 12.9. The fourth-order valence-corrected chi connectivity index (χ4v) is 5.49. The Balaban J connectivity index is 1.31. The minimum Gasteiger partial charge on any atom is -0.480 e. The van der Waals surface area contributed by atoms with Crippen LogP contribution in [0.5, 0.6) is 0 Å². The van der Waals surface area contributed by atoms with Gasteiger partial charge >= 0.3 is 29.8 Å². The van der Waals surface area contributed by atoms with Gasteiger partial charge in [0.15, 0.2) is 0 Å². The highest BCUT2D eigenvalue weighted by atomic mass is 16.8. The molecule has 1 unspecified atom stereocenters. The molecule has 0 aromatic heterocycles. The molecule has 4 aliphatic rings. The molecule has 1 saturated carbocycles. The SMILES string of the molecule is CCC1(C)OC(=O)C(/C=C/C=C/C=C2C(=O)OC3(CCC4(CC3)OC(=O)C(C=CC=CC=C(C)C(=O)OC(CC)(CC)OC=O)=C(O)O4)OC2=O)=C(O)O1. The summed E-state index contributed by atoms with van der Waals surface area (Å²) < 4.78 is 43.0. The molecular weight excluding hydrogens is 712 g/mol. The third-order valence-electron chi connectivity index (χ3n) is 9.02. The molecule has 1 saturated heterocycles. The van der Waals surface area contributed by atoms with E-state index in [1.165, 1.54) is 68.5 Å². The van der Waals surface area contributed by atoms with E-state index in [9.17, 15) is 39.0 Å². The lowest BCUT2D eigenvalue weighted by Gasteiger charge is -2.46. The molecule has 290 valence electrons. The highest BCUT2D eigenvalue weighted by Crippen LogP contribution is 2.46. The van der Waals surface area contributed by atoms with Crippen LogP contribution in [-0.4, -0.2) is 69.7 Å². The van der Waals surface area contributed by atoms with Gasteiger partial charge in [-0.1, -0.05) is 63.3 Å². The Hall–Kier alpha value is -6.06. The summed E-state index contributed by atoms with van der Waals surface area (Å²) in [5.74, 6) is -11.4. The zero-order valence-corrected chi connectivity index (χ0v) is 30.4. The molecule has 4 rings (SSSR count). The lowest BCUT2D eigenvalue weighted by molar-refractivity contribution is -0.297. The summed E-state index contributed by atoms with van der Waals surface area (Å²) in [6.45, 7) is 8.40. The van der Waals surface area contributed by atoms with Crippen LogP contribution < -0.4 is 0 Å². The number of carbonyl (C=O) groups is 6. The largest absolute Gasteiger partial charge is 0.480 e. The molecule has 1 aliphatic carbocycles. The molecule has 0 aromatic carbocycles. The first-order valence-electron chi connectivity index (χ1n) is 17.2. The second-order valence-electron chi connectivity index (χ2n) is 12.6. The van der Waals surface area contributed by atoms with Crippen LogP contribution in [0.4, 0.5) is 0 Å². The Morgan fingerprint density at radius 3 is 1.72 bits per heavy atom. The molecule has 54 heavy (non-hydrogen) atoms. The van der Waals surface area contributed by atoms with Gasteiger partial charge in [0, 0.05) is 57.4 Å². The fraction of sp³-hybridized carbons (Fsp3) is 0.421. The second-order valence-corrected chi connectivity index (χ2v) is 12.6.